The Morgan fingerprint density at radius 1 is 1.09 bits per heavy atom. The maximum absolute atomic E-state index is 12.5. The lowest BCUT2D eigenvalue weighted by Gasteiger charge is -2.33. The maximum atomic E-state index is 12.5. The molecule has 2 aromatic rings. The number of carbonyl (C=O) groups excluding carboxylic acids is 1. The highest BCUT2D eigenvalue weighted by atomic mass is 35.5. The number of para-hydroxylation sites is 2. The highest BCUT2D eigenvalue weighted by molar-refractivity contribution is 6.34. The Kier molecular flexibility index (Phi) is 4.84. The fourth-order valence-electron chi connectivity index (χ4n) is 2.82. The largest absolute Gasteiger partial charge is 0.359 e. The number of benzene rings is 2. The molecule has 2 N–H and O–H groups in total. The molecule has 1 aliphatic rings. The summed E-state index contributed by atoms with van der Waals surface area (Å²) in [5.41, 5.74) is 2.39. The van der Waals surface area contributed by atoms with Gasteiger partial charge in [-0.15, -0.1) is 0 Å². The summed E-state index contributed by atoms with van der Waals surface area (Å²) in [5, 5.41) is 3.47. The average molecular weight is 331 g/mol. The lowest BCUT2D eigenvalue weighted by molar-refractivity contribution is -0.880. The van der Waals surface area contributed by atoms with Crippen LogP contribution in [0.3, 0.4) is 0 Å². The Labute approximate surface area is 141 Å². The van der Waals surface area contributed by atoms with Crippen molar-refractivity contribution < 1.29 is 9.69 Å². The van der Waals surface area contributed by atoms with Crippen molar-refractivity contribution in [2.24, 2.45) is 0 Å². The van der Waals surface area contributed by atoms with E-state index in [4.69, 9.17) is 11.6 Å². The Hall–Kier alpha value is -2.04. The van der Waals surface area contributed by atoms with Crippen molar-refractivity contribution in [1.29, 1.82) is 0 Å². The van der Waals surface area contributed by atoms with Gasteiger partial charge in [0.05, 0.1) is 55.2 Å². The molecule has 23 heavy (non-hydrogen) atoms. The minimum absolute atomic E-state index is 0.178. The summed E-state index contributed by atoms with van der Waals surface area (Å²) in [4.78, 5) is 16.4. The van der Waals surface area contributed by atoms with E-state index in [1.54, 1.807) is 17.0 Å². The molecule has 0 bridgehead atoms. The van der Waals surface area contributed by atoms with E-state index < -0.39 is 0 Å². The predicted octanol–water partition coefficient (Wildman–Crippen LogP) is 1.93. The monoisotopic (exact) mass is 330 g/mol. The van der Waals surface area contributed by atoms with E-state index in [-0.39, 0.29) is 5.91 Å². The number of likely N-dealkylation sites (N-methyl/N-ethyl adjacent to an activating group) is 1. The standard InChI is InChI=1S/C18H20ClN3O/c1-21-10-12-22(13-11-21)17-9-5-4-8-16(17)20-18(23)14-6-2-3-7-15(14)19/h2-9H,10-13H2,1H3,(H,20,23)/p+1. The van der Waals surface area contributed by atoms with Gasteiger partial charge in [0.1, 0.15) is 0 Å². The highest BCUT2D eigenvalue weighted by Crippen LogP contribution is 2.27. The van der Waals surface area contributed by atoms with Crippen LogP contribution in [0.15, 0.2) is 48.5 Å². The van der Waals surface area contributed by atoms with Crippen LogP contribution in [0.5, 0.6) is 0 Å². The van der Waals surface area contributed by atoms with Crippen molar-refractivity contribution in [3.63, 3.8) is 0 Å². The topological polar surface area (TPSA) is 36.8 Å². The molecule has 0 saturated carbocycles. The van der Waals surface area contributed by atoms with E-state index >= 15 is 0 Å². The van der Waals surface area contributed by atoms with Crippen LogP contribution in [0.1, 0.15) is 10.4 Å². The number of nitrogens with one attached hydrogen (secondary N) is 2. The Balaban J connectivity index is 1.81. The van der Waals surface area contributed by atoms with Crippen molar-refractivity contribution in [3.8, 4) is 0 Å². The number of quaternary nitrogens is 1. The zero-order valence-electron chi connectivity index (χ0n) is 13.2. The summed E-state index contributed by atoms with van der Waals surface area (Å²) < 4.78 is 0. The second-order valence-electron chi connectivity index (χ2n) is 5.90. The number of carbonyl (C=O) groups is 1. The number of halogens is 1. The van der Waals surface area contributed by atoms with Gasteiger partial charge in [-0.1, -0.05) is 35.9 Å². The molecule has 0 aromatic heterocycles. The van der Waals surface area contributed by atoms with Gasteiger partial charge in [0.25, 0.3) is 5.91 Å². The molecule has 0 atom stereocenters. The van der Waals surface area contributed by atoms with E-state index in [1.807, 2.05) is 30.3 Å². The lowest BCUT2D eigenvalue weighted by Crippen LogP contribution is -3.12. The molecule has 1 saturated heterocycles. The molecule has 0 unspecified atom stereocenters. The second-order valence-corrected chi connectivity index (χ2v) is 6.30. The first-order chi connectivity index (χ1) is 11.1. The van der Waals surface area contributed by atoms with Crippen LogP contribution in [-0.4, -0.2) is 39.1 Å². The second kappa shape index (κ2) is 7.02. The summed E-state index contributed by atoms with van der Waals surface area (Å²) in [6.45, 7) is 4.19. The molecule has 1 amide bonds. The molecule has 0 spiro atoms. The van der Waals surface area contributed by atoms with Crippen LogP contribution < -0.4 is 15.1 Å². The summed E-state index contributed by atoms with van der Waals surface area (Å²) in [7, 11) is 2.21. The third-order valence-corrected chi connectivity index (χ3v) is 4.56. The first-order valence-corrected chi connectivity index (χ1v) is 8.24. The van der Waals surface area contributed by atoms with Gasteiger partial charge in [-0.05, 0) is 24.3 Å². The lowest BCUT2D eigenvalue weighted by atomic mass is 10.1. The number of hydrogen-bond acceptors (Lipinski definition) is 2. The van der Waals surface area contributed by atoms with E-state index in [0.29, 0.717) is 10.6 Å². The molecule has 4 nitrogen and oxygen atoms in total. The Morgan fingerprint density at radius 2 is 1.74 bits per heavy atom. The zero-order valence-corrected chi connectivity index (χ0v) is 13.9. The molecule has 1 aliphatic heterocycles. The van der Waals surface area contributed by atoms with Gasteiger partial charge in [0, 0.05) is 0 Å². The quantitative estimate of drug-likeness (QED) is 0.902. The fourth-order valence-corrected chi connectivity index (χ4v) is 3.04. The highest BCUT2D eigenvalue weighted by Gasteiger charge is 2.20. The van der Waals surface area contributed by atoms with Crippen molar-refractivity contribution in [1.82, 2.24) is 0 Å². The SMILES string of the molecule is C[NH+]1CCN(c2ccccc2NC(=O)c2ccccc2Cl)CC1. The van der Waals surface area contributed by atoms with Crippen molar-refractivity contribution in [2.75, 3.05) is 43.4 Å². The van der Waals surface area contributed by atoms with Crippen LogP contribution in [-0.2, 0) is 0 Å². The molecule has 1 fully saturated rings. The number of nitrogens with zero attached hydrogens (tertiary/aromatic N) is 1. The maximum Gasteiger partial charge on any atom is 0.257 e. The van der Waals surface area contributed by atoms with E-state index in [1.165, 1.54) is 0 Å². The number of anilines is 2. The van der Waals surface area contributed by atoms with Crippen LogP contribution >= 0.6 is 11.6 Å². The number of amides is 1. The van der Waals surface area contributed by atoms with Gasteiger partial charge in [-0.2, -0.15) is 0 Å². The van der Waals surface area contributed by atoms with Gasteiger partial charge in [-0.3, -0.25) is 4.79 Å². The van der Waals surface area contributed by atoms with Gasteiger partial charge in [0.15, 0.2) is 0 Å². The predicted molar refractivity (Wildman–Crippen MR) is 94.7 cm³/mol. The molecular weight excluding hydrogens is 310 g/mol. The Bertz CT molecular complexity index is 696. The van der Waals surface area contributed by atoms with Gasteiger partial charge < -0.3 is 15.1 Å². The molecule has 3 rings (SSSR count). The first-order valence-electron chi connectivity index (χ1n) is 7.86. The third kappa shape index (κ3) is 3.66. The van der Waals surface area contributed by atoms with Crippen LogP contribution in [0.4, 0.5) is 11.4 Å². The summed E-state index contributed by atoms with van der Waals surface area (Å²) >= 11 is 6.12. The average Bonchev–Trinajstić information content (AvgIpc) is 2.56. The van der Waals surface area contributed by atoms with Crippen molar-refractivity contribution in [3.05, 3.63) is 59.1 Å². The molecule has 1 heterocycles. The molecule has 2 aromatic carbocycles. The first kappa shape index (κ1) is 15.8. The fraction of sp³-hybridized carbons (Fsp3) is 0.278. The van der Waals surface area contributed by atoms with Gasteiger partial charge in [0.2, 0.25) is 0 Å². The normalized spacial score (nSPS) is 15.5. The van der Waals surface area contributed by atoms with Crippen LogP contribution in [0, 0.1) is 0 Å². The molecule has 0 radical (unpaired) electrons. The van der Waals surface area contributed by atoms with E-state index in [0.717, 1.165) is 37.6 Å². The van der Waals surface area contributed by atoms with Crippen molar-refractivity contribution in [2.45, 2.75) is 0 Å². The molecule has 5 heteroatoms. The molecule has 0 aliphatic carbocycles. The number of rotatable bonds is 3. The van der Waals surface area contributed by atoms with Crippen LogP contribution in [0.2, 0.25) is 5.02 Å². The van der Waals surface area contributed by atoms with Gasteiger partial charge in [-0.25, -0.2) is 0 Å². The third-order valence-electron chi connectivity index (χ3n) is 4.23. The van der Waals surface area contributed by atoms with Gasteiger partial charge >= 0.3 is 0 Å². The zero-order chi connectivity index (χ0) is 16.2. The minimum atomic E-state index is -0.178. The number of piperazine rings is 1. The molecular formula is C18H21ClN3O+. The summed E-state index contributed by atoms with van der Waals surface area (Å²) in [6, 6.07) is 15.0. The van der Waals surface area contributed by atoms with Crippen molar-refractivity contribution >= 4 is 28.9 Å². The Morgan fingerprint density at radius 3 is 2.48 bits per heavy atom. The van der Waals surface area contributed by atoms with E-state index in [9.17, 15) is 4.79 Å². The minimum Gasteiger partial charge on any atom is -0.359 e. The number of hydrogen-bond donors (Lipinski definition) is 2. The van der Waals surface area contributed by atoms with E-state index in [2.05, 4.69) is 23.3 Å². The summed E-state index contributed by atoms with van der Waals surface area (Å²) in [6.07, 6.45) is 0. The summed E-state index contributed by atoms with van der Waals surface area (Å²) in [5.74, 6) is -0.178. The van der Waals surface area contributed by atoms with Crippen LogP contribution in [0.25, 0.3) is 0 Å². The molecule has 120 valence electrons. The smallest absolute Gasteiger partial charge is 0.257 e.